The first kappa shape index (κ1) is 15.5. The van der Waals surface area contributed by atoms with Gasteiger partial charge in [-0.1, -0.05) is 18.2 Å². The lowest BCUT2D eigenvalue weighted by molar-refractivity contribution is -0.138. The van der Waals surface area contributed by atoms with Crippen LogP contribution in [0.15, 0.2) is 24.3 Å². The zero-order valence-electron chi connectivity index (χ0n) is 11.5. The molecule has 1 fully saturated rings. The van der Waals surface area contributed by atoms with Crippen LogP contribution in [0.1, 0.15) is 12.0 Å². The molecule has 0 radical (unpaired) electrons. The van der Waals surface area contributed by atoms with Gasteiger partial charge in [0.1, 0.15) is 6.04 Å². The van der Waals surface area contributed by atoms with E-state index in [4.69, 9.17) is 10.8 Å². The number of rotatable bonds is 5. The van der Waals surface area contributed by atoms with Crippen LogP contribution in [0.5, 0.6) is 0 Å². The topological polar surface area (TPSA) is 101 Å². The highest BCUT2D eigenvalue weighted by molar-refractivity contribution is 8.00. The maximum Gasteiger partial charge on any atom is 0.321 e. The molecule has 2 amide bonds. The maximum atomic E-state index is 12.3. The molecule has 1 aliphatic heterocycles. The van der Waals surface area contributed by atoms with E-state index < -0.39 is 17.3 Å². The number of thioether (sulfide) groups is 1. The van der Waals surface area contributed by atoms with Crippen molar-refractivity contribution in [1.82, 2.24) is 0 Å². The van der Waals surface area contributed by atoms with E-state index in [1.165, 1.54) is 4.90 Å². The van der Waals surface area contributed by atoms with Gasteiger partial charge in [-0.25, -0.2) is 4.90 Å². The van der Waals surface area contributed by atoms with E-state index >= 15 is 0 Å². The van der Waals surface area contributed by atoms with Gasteiger partial charge in [-0.15, -0.1) is 11.8 Å². The van der Waals surface area contributed by atoms with Gasteiger partial charge in [0.05, 0.1) is 10.9 Å². The molecule has 1 aliphatic rings. The fourth-order valence-corrected chi connectivity index (χ4v) is 3.18. The van der Waals surface area contributed by atoms with Crippen molar-refractivity contribution in [1.29, 1.82) is 0 Å². The monoisotopic (exact) mass is 308 g/mol. The summed E-state index contributed by atoms with van der Waals surface area (Å²) in [7, 11) is 0. The highest BCUT2D eigenvalue weighted by atomic mass is 32.2. The minimum Gasteiger partial charge on any atom is -0.480 e. The van der Waals surface area contributed by atoms with Gasteiger partial charge in [-0.2, -0.15) is 0 Å². The largest absolute Gasteiger partial charge is 0.480 e. The molecule has 0 saturated carbocycles. The summed E-state index contributed by atoms with van der Waals surface area (Å²) in [5.41, 5.74) is 6.84. The van der Waals surface area contributed by atoms with Crippen LogP contribution >= 0.6 is 11.8 Å². The predicted molar refractivity (Wildman–Crippen MR) is 80.1 cm³/mol. The van der Waals surface area contributed by atoms with Crippen LogP contribution in [0.25, 0.3) is 0 Å². The number of nitrogens with zero attached hydrogens (tertiary/aromatic N) is 1. The molecule has 3 N–H and O–H groups in total. The third kappa shape index (κ3) is 3.25. The first-order valence-corrected chi connectivity index (χ1v) is 7.49. The van der Waals surface area contributed by atoms with Crippen LogP contribution in [0.3, 0.4) is 0 Å². The van der Waals surface area contributed by atoms with E-state index in [2.05, 4.69) is 0 Å². The number of imide groups is 1. The molecule has 1 aromatic carbocycles. The van der Waals surface area contributed by atoms with Crippen molar-refractivity contribution in [2.45, 2.75) is 24.6 Å². The minimum atomic E-state index is -1.12. The lowest BCUT2D eigenvalue weighted by atomic mass is 10.2. The molecule has 1 saturated heterocycles. The van der Waals surface area contributed by atoms with Gasteiger partial charge in [-0.3, -0.25) is 14.4 Å². The smallest absolute Gasteiger partial charge is 0.321 e. The Morgan fingerprint density at radius 2 is 2.14 bits per heavy atom. The Labute approximate surface area is 126 Å². The zero-order chi connectivity index (χ0) is 15.6. The van der Waals surface area contributed by atoms with Gasteiger partial charge < -0.3 is 10.8 Å². The Morgan fingerprint density at radius 3 is 2.76 bits per heavy atom. The summed E-state index contributed by atoms with van der Waals surface area (Å²) in [5, 5.41) is 8.17. The number of para-hydroxylation sites is 1. The van der Waals surface area contributed by atoms with Crippen molar-refractivity contribution < 1.29 is 19.5 Å². The SMILES string of the molecule is Cc1ccccc1N1C(=O)C[C@@H](SC[C@@H](N)C(=O)O)C1=O. The van der Waals surface area contributed by atoms with Gasteiger partial charge in [0.2, 0.25) is 11.8 Å². The zero-order valence-corrected chi connectivity index (χ0v) is 12.3. The summed E-state index contributed by atoms with van der Waals surface area (Å²) in [6.07, 6.45) is 0.0736. The van der Waals surface area contributed by atoms with Crippen molar-refractivity contribution in [3.05, 3.63) is 29.8 Å². The molecule has 2 rings (SSSR count). The first-order chi connectivity index (χ1) is 9.91. The third-order valence-corrected chi connectivity index (χ3v) is 4.58. The maximum absolute atomic E-state index is 12.3. The fourth-order valence-electron chi connectivity index (χ4n) is 2.09. The summed E-state index contributed by atoms with van der Waals surface area (Å²) < 4.78 is 0. The van der Waals surface area contributed by atoms with E-state index in [0.29, 0.717) is 5.69 Å². The summed E-state index contributed by atoms with van der Waals surface area (Å²) in [4.78, 5) is 36.3. The summed E-state index contributed by atoms with van der Waals surface area (Å²) in [6, 6.07) is 6.12. The van der Waals surface area contributed by atoms with Crippen molar-refractivity contribution >= 4 is 35.2 Å². The number of amides is 2. The van der Waals surface area contributed by atoms with Gasteiger partial charge in [-0.05, 0) is 18.6 Å². The molecule has 1 heterocycles. The Balaban J connectivity index is 2.10. The molecule has 0 unspecified atom stereocenters. The average Bonchev–Trinajstić information content (AvgIpc) is 2.71. The number of nitrogens with two attached hydrogens (primary N) is 1. The molecule has 0 aliphatic carbocycles. The lowest BCUT2D eigenvalue weighted by Gasteiger charge is -2.17. The molecule has 21 heavy (non-hydrogen) atoms. The number of benzene rings is 1. The number of aliphatic carboxylic acids is 1. The number of aryl methyl sites for hydroxylation is 1. The van der Waals surface area contributed by atoms with Gasteiger partial charge in [0, 0.05) is 12.2 Å². The van der Waals surface area contributed by atoms with E-state index in [1.54, 1.807) is 12.1 Å². The number of carbonyl (C=O) groups excluding carboxylic acids is 2. The predicted octanol–water partition coefficient (Wildman–Crippen LogP) is 0.772. The van der Waals surface area contributed by atoms with Gasteiger partial charge in [0.25, 0.3) is 0 Å². The number of carboxylic acids is 1. The summed E-state index contributed by atoms with van der Waals surface area (Å²) in [5.74, 6) is -1.59. The highest BCUT2D eigenvalue weighted by Gasteiger charge is 2.40. The molecule has 0 spiro atoms. The van der Waals surface area contributed by atoms with Crippen LogP contribution in [0, 0.1) is 6.92 Å². The fraction of sp³-hybridized carbons (Fsp3) is 0.357. The number of hydrogen-bond donors (Lipinski definition) is 2. The van der Waals surface area contributed by atoms with Crippen LogP contribution in [0.4, 0.5) is 5.69 Å². The summed E-state index contributed by atoms with van der Waals surface area (Å²) >= 11 is 1.12. The average molecular weight is 308 g/mol. The molecule has 112 valence electrons. The van der Waals surface area contributed by atoms with Crippen LogP contribution in [0.2, 0.25) is 0 Å². The number of carboxylic acid groups (broad SMARTS) is 1. The molecule has 6 nitrogen and oxygen atoms in total. The normalized spacial score (nSPS) is 19.9. The van der Waals surface area contributed by atoms with Gasteiger partial charge in [0.15, 0.2) is 0 Å². The van der Waals surface area contributed by atoms with Crippen LogP contribution < -0.4 is 10.6 Å². The second kappa shape index (κ2) is 6.28. The third-order valence-electron chi connectivity index (χ3n) is 3.26. The van der Waals surface area contributed by atoms with Crippen molar-refractivity contribution in [3.63, 3.8) is 0 Å². The van der Waals surface area contributed by atoms with E-state index in [1.807, 2.05) is 19.1 Å². The van der Waals surface area contributed by atoms with Gasteiger partial charge >= 0.3 is 5.97 Å². The lowest BCUT2D eigenvalue weighted by Crippen LogP contribution is -2.35. The standard InChI is InChI=1S/C14H16N2O4S/c1-8-4-2-3-5-10(8)16-12(17)6-11(13(16)18)21-7-9(15)14(19)20/h2-5,9,11H,6-7,15H2,1H3,(H,19,20)/t9-,11-/m1/s1. The second-order valence-electron chi connectivity index (χ2n) is 4.82. The first-order valence-electron chi connectivity index (χ1n) is 6.44. The van der Waals surface area contributed by atoms with Crippen molar-refractivity contribution in [3.8, 4) is 0 Å². The van der Waals surface area contributed by atoms with Crippen molar-refractivity contribution in [2.75, 3.05) is 10.7 Å². The van der Waals surface area contributed by atoms with Crippen LogP contribution in [-0.4, -0.2) is 39.9 Å². The quantitative estimate of drug-likeness (QED) is 0.779. The van der Waals surface area contributed by atoms with E-state index in [0.717, 1.165) is 17.3 Å². The molecule has 2 atom stereocenters. The molecule has 0 aromatic heterocycles. The second-order valence-corrected chi connectivity index (χ2v) is 6.06. The van der Waals surface area contributed by atoms with Crippen LogP contribution in [-0.2, 0) is 14.4 Å². The number of hydrogen-bond acceptors (Lipinski definition) is 5. The molecule has 1 aromatic rings. The molecule has 0 bridgehead atoms. The molecule has 7 heteroatoms. The van der Waals surface area contributed by atoms with E-state index in [-0.39, 0.29) is 24.0 Å². The summed E-state index contributed by atoms with van der Waals surface area (Å²) in [6.45, 7) is 1.83. The Hall–Kier alpha value is -1.86. The number of anilines is 1. The number of carbonyl (C=O) groups is 3. The van der Waals surface area contributed by atoms with Crippen molar-refractivity contribution in [2.24, 2.45) is 5.73 Å². The molecular weight excluding hydrogens is 292 g/mol. The highest BCUT2D eigenvalue weighted by Crippen LogP contribution is 2.31. The minimum absolute atomic E-state index is 0.0736. The Morgan fingerprint density at radius 1 is 1.48 bits per heavy atom. The van der Waals surface area contributed by atoms with E-state index in [9.17, 15) is 14.4 Å². The Kier molecular flexibility index (Phi) is 4.64. The Bertz CT molecular complexity index is 590. The molecular formula is C14H16N2O4S.